The summed E-state index contributed by atoms with van der Waals surface area (Å²) in [5, 5.41) is 7.45. The van der Waals surface area contributed by atoms with E-state index in [-0.39, 0.29) is 43.0 Å². The van der Waals surface area contributed by atoms with Crippen molar-refractivity contribution in [1.29, 1.82) is 0 Å². The van der Waals surface area contributed by atoms with Gasteiger partial charge in [0.15, 0.2) is 0 Å². The van der Waals surface area contributed by atoms with Gasteiger partial charge in [-0.1, -0.05) is 19.6 Å². The Kier molecular flexibility index (Phi) is 9.52. The minimum atomic E-state index is -4.54. The van der Waals surface area contributed by atoms with Gasteiger partial charge < -0.3 is 25.4 Å². The van der Waals surface area contributed by atoms with Crippen LogP contribution in [0.2, 0.25) is 25.7 Å². The summed E-state index contributed by atoms with van der Waals surface area (Å²) in [5.74, 6) is -1.54. The predicted molar refractivity (Wildman–Crippen MR) is 153 cm³/mol. The second kappa shape index (κ2) is 12.7. The highest BCUT2D eigenvalue weighted by Gasteiger charge is 2.40. The largest absolute Gasteiger partial charge is 0.417 e. The number of rotatable bonds is 12. The van der Waals surface area contributed by atoms with Crippen LogP contribution in [0.3, 0.4) is 0 Å². The molecule has 228 valence electrons. The molecule has 42 heavy (non-hydrogen) atoms. The Morgan fingerprint density at radius 1 is 1.19 bits per heavy atom. The number of carbonyl (C=O) groups excluding carboxylic acids is 2. The van der Waals surface area contributed by atoms with Crippen molar-refractivity contribution in [3.63, 3.8) is 0 Å². The van der Waals surface area contributed by atoms with Crippen LogP contribution in [0.5, 0.6) is 0 Å². The highest BCUT2D eigenvalue weighted by Crippen LogP contribution is 2.36. The van der Waals surface area contributed by atoms with Gasteiger partial charge in [0.05, 0.1) is 59.4 Å². The molecule has 3 aromatic rings. The number of alkyl halides is 3. The number of nitrogens with two attached hydrogens (primary N) is 1. The summed E-state index contributed by atoms with van der Waals surface area (Å²) in [7, 11) is 0.180. The second-order valence-corrected chi connectivity index (χ2v) is 17.2. The lowest BCUT2D eigenvalue weighted by molar-refractivity contribution is -0.146. The zero-order valence-electron chi connectivity index (χ0n) is 24.1. The fraction of sp³-hybridized carbons (Fsp3) is 0.519. The van der Waals surface area contributed by atoms with Gasteiger partial charge in [-0.2, -0.15) is 18.3 Å². The van der Waals surface area contributed by atoms with Gasteiger partial charge in [-0.15, -0.1) is 0 Å². The number of nitrogens with one attached hydrogen (secondary N) is 1. The van der Waals surface area contributed by atoms with Gasteiger partial charge in [0.2, 0.25) is 0 Å². The summed E-state index contributed by atoms with van der Waals surface area (Å²) >= 11 is 0. The number of amides is 2. The number of nitrogen functional groups attached to an aromatic ring is 1. The molecule has 11 nitrogen and oxygen atoms in total. The zero-order chi connectivity index (χ0) is 30.7. The van der Waals surface area contributed by atoms with E-state index in [0.717, 1.165) is 25.0 Å². The Hall–Kier alpha value is -3.56. The molecule has 0 unspecified atom stereocenters. The summed E-state index contributed by atoms with van der Waals surface area (Å²) in [4.78, 5) is 36.4. The molecule has 0 saturated heterocycles. The molecule has 0 aliphatic heterocycles. The number of pyridine rings is 2. The first-order valence-corrected chi connectivity index (χ1v) is 17.3. The van der Waals surface area contributed by atoms with Gasteiger partial charge >= 0.3 is 18.0 Å². The fourth-order valence-electron chi connectivity index (χ4n) is 4.48. The van der Waals surface area contributed by atoms with Crippen molar-refractivity contribution in [2.24, 2.45) is 5.92 Å². The van der Waals surface area contributed by atoms with Crippen molar-refractivity contribution in [3.8, 4) is 0 Å². The molecule has 3 N–H and O–H groups in total. The number of fused-ring (bicyclic) bond motifs is 1. The van der Waals surface area contributed by atoms with E-state index in [2.05, 4.69) is 40.0 Å². The molecule has 0 radical (unpaired) electrons. The maximum absolute atomic E-state index is 13.6. The molecule has 2 amide bonds. The molecule has 15 heteroatoms. The Morgan fingerprint density at radius 2 is 1.93 bits per heavy atom. The van der Waals surface area contributed by atoms with E-state index in [4.69, 9.17) is 15.2 Å². The Balaban J connectivity index is 1.57. The summed E-state index contributed by atoms with van der Waals surface area (Å²) in [5.41, 5.74) is 6.01. The topological polar surface area (TPSA) is 137 Å². The van der Waals surface area contributed by atoms with Crippen LogP contribution in [-0.2, 0) is 38.5 Å². The quantitative estimate of drug-likeness (QED) is 0.178. The first kappa shape index (κ1) is 31.4. The highest BCUT2D eigenvalue weighted by atomic mass is 28.3. The molecule has 0 aromatic carbocycles. The van der Waals surface area contributed by atoms with Gasteiger partial charge in [0, 0.05) is 28.0 Å². The molecular weight excluding hydrogens is 571 g/mol. The third kappa shape index (κ3) is 7.83. The first-order valence-electron chi connectivity index (χ1n) is 13.6. The number of halogens is 3. The molecule has 1 aliphatic rings. The number of nitrogens with zero attached hydrogens (tertiary/aromatic N) is 5. The van der Waals surface area contributed by atoms with Crippen LogP contribution in [0.1, 0.15) is 24.1 Å². The number of methoxy groups -OCH3 is 1. The monoisotopic (exact) mass is 607 g/mol. The molecule has 1 aliphatic carbocycles. The van der Waals surface area contributed by atoms with E-state index in [1.54, 1.807) is 4.68 Å². The van der Waals surface area contributed by atoms with E-state index in [1.807, 2.05) is 0 Å². The molecule has 0 bridgehead atoms. The normalized spacial score (nSPS) is 14.6. The summed E-state index contributed by atoms with van der Waals surface area (Å²) in [6.07, 6.45) is 0.695. The van der Waals surface area contributed by atoms with Crippen molar-refractivity contribution in [1.82, 2.24) is 24.6 Å². The number of anilines is 2. The van der Waals surface area contributed by atoms with Crippen molar-refractivity contribution in [2.45, 2.75) is 64.0 Å². The third-order valence-corrected chi connectivity index (χ3v) is 8.71. The van der Waals surface area contributed by atoms with E-state index in [1.165, 1.54) is 30.5 Å². The molecule has 1 atom stereocenters. The number of aromatic nitrogens is 4. The van der Waals surface area contributed by atoms with Gasteiger partial charge in [-0.3, -0.25) is 14.6 Å². The van der Waals surface area contributed by atoms with Gasteiger partial charge in [-0.25, -0.2) is 9.67 Å². The molecular formula is C27H36F3N7O4Si. The fourth-order valence-corrected chi connectivity index (χ4v) is 5.24. The number of hydrogen-bond acceptors (Lipinski definition) is 8. The van der Waals surface area contributed by atoms with Crippen LogP contribution in [0, 0.1) is 5.92 Å². The minimum absolute atomic E-state index is 0.0933. The van der Waals surface area contributed by atoms with Crippen molar-refractivity contribution >= 4 is 42.3 Å². The van der Waals surface area contributed by atoms with Crippen molar-refractivity contribution in [2.75, 3.05) is 31.4 Å². The molecule has 1 fully saturated rings. The van der Waals surface area contributed by atoms with E-state index in [9.17, 15) is 22.8 Å². The SMILES string of the molecule is COC[C@@H](C1CC1)N(Cc1ccc(C(F)(F)F)cn1)C(=O)C(=O)Nc1cnc(N)c2cnn(COCC[Si](C)(C)C)c12. The maximum Gasteiger partial charge on any atom is 0.417 e. The summed E-state index contributed by atoms with van der Waals surface area (Å²) in [6, 6.07) is 2.59. The Morgan fingerprint density at radius 3 is 2.52 bits per heavy atom. The lowest BCUT2D eigenvalue weighted by Gasteiger charge is -2.31. The van der Waals surface area contributed by atoms with Crippen LogP contribution in [0.4, 0.5) is 24.7 Å². The standard InChI is InChI=1S/C27H36F3N7O4Si/c1-40-15-22(17-5-6-17)36(14-19-8-7-18(11-32-19)27(28,29)30)26(39)25(38)35-21-13-33-24(31)20-12-34-37(23(20)21)16-41-9-10-42(2,3)4/h7-8,11-13,17,22H,5-6,9-10,14-16H2,1-4H3,(H2,31,33)(H,35,38)/t22-/m0/s1. The Labute approximate surface area is 242 Å². The van der Waals surface area contributed by atoms with Crippen LogP contribution in [0.25, 0.3) is 10.9 Å². The van der Waals surface area contributed by atoms with E-state index >= 15 is 0 Å². The average Bonchev–Trinajstić information content (AvgIpc) is 3.67. The van der Waals surface area contributed by atoms with Crippen LogP contribution < -0.4 is 11.1 Å². The van der Waals surface area contributed by atoms with Gasteiger partial charge in [-0.05, 0) is 36.9 Å². The number of carbonyl (C=O) groups is 2. The first-order chi connectivity index (χ1) is 19.8. The predicted octanol–water partition coefficient (Wildman–Crippen LogP) is 4.13. The molecule has 3 aromatic heterocycles. The van der Waals surface area contributed by atoms with Crippen LogP contribution in [-0.4, -0.2) is 70.9 Å². The Bertz CT molecular complexity index is 1410. The zero-order valence-corrected chi connectivity index (χ0v) is 25.1. The second-order valence-electron chi connectivity index (χ2n) is 11.6. The molecule has 1 saturated carbocycles. The molecule has 3 heterocycles. The average molecular weight is 608 g/mol. The van der Waals surface area contributed by atoms with Gasteiger partial charge in [0.1, 0.15) is 12.5 Å². The van der Waals surface area contributed by atoms with Gasteiger partial charge in [0.25, 0.3) is 0 Å². The smallest absolute Gasteiger partial charge is 0.383 e. The lowest BCUT2D eigenvalue weighted by Crippen LogP contribution is -2.48. The maximum atomic E-state index is 13.6. The van der Waals surface area contributed by atoms with Crippen LogP contribution in [0.15, 0.2) is 30.7 Å². The summed E-state index contributed by atoms with van der Waals surface area (Å²) in [6.45, 7) is 7.37. The van der Waals surface area contributed by atoms with Crippen molar-refractivity contribution < 1.29 is 32.2 Å². The minimum Gasteiger partial charge on any atom is -0.383 e. The summed E-state index contributed by atoms with van der Waals surface area (Å²) < 4.78 is 51.8. The highest BCUT2D eigenvalue weighted by molar-refractivity contribution is 6.76. The lowest BCUT2D eigenvalue weighted by atomic mass is 10.1. The van der Waals surface area contributed by atoms with E-state index < -0.39 is 37.7 Å². The van der Waals surface area contributed by atoms with Crippen LogP contribution >= 0.6 is 0 Å². The van der Waals surface area contributed by atoms with Crippen molar-refractivity contribution in [3.05, 3.63) is 42.0 Å². The van der Waals surface area contributed by atoms with E-state index in [0.29, 0.717) is 23.7 Å². The number of hydrogen-bond donors (Lipinski definition) is 2. The molecule has 4 rings (SSSR count). The number of ether oxygens (including phenoxy) is 2. The third-order valence-electron chi connectivity index (χ3n) is 7.00. The molecule has 0 spiro atoms.